The molecule has 135 valence electrons. The maximum Gasteiger partial charge on any atom is 4.00 e. The van der Waals surface area contributed by atoms with Crippen LogP contribution < -0.4 is 24.8 Å². The molecule has 0 amide bonds. The smallest absolute Gasteiger partial charge is 1.00 e. The first-order valence-electron chi connectivity index (χ1n) is 8.14. The van der Waals surface area contributed by atoms with Gasteiger partial charge in [-0.2, -0.15) is 11.1 Å². The van der Waals surface area contributed by atoms with Crippen LogP contribution in [0.4, 0.5) is 0 Å². The van der Waals surface area contributed by atoms with Crippen LogP contribution in [0, 0.1) is 24.0 Å². The first-order chi connectivity index (χ1) is 9.81. The van der Waals surface area contributed by atoms with E-state index < -0.39 is 0 Å². The average Bonchev–Trinajstić information content (AvgIpc) is 3.00. The number of allylic oxidation sites excluding steroid dienone is 8. The third-order valence-corrected chi connectivity index (χ3v) is 3.22. The molecule has 0 nitrogen and oxygen atoms in total. The van der Waals surface area contributed by atoms with Crippen molar-refractivity contribution in [2.45, 2.75) is 67.5 Å². The molecule has 0 atom stereocenters. The monoisotopic (exact) mass is 461 g/mol. The van der Waals surface area contributed by atoms with Gasteiger partial charge < -0.3 is 24.8 Å². The fourth-order valence-corrected chi connectivity index (χ4v) is 1.98. The van der Waals surface area contributed by atoms with E-state index in [1.807, 2.05) is 0 Å². The molecule has 0 aromatic carbocycles. The van der Waals surface area contributed by atoms with Gasteiger partial charge in [0.15, 0.2) is 0 Å². The normalized spacial score (nSPS) is 14.4. The van der Waals surface area contributed by atoms with Gasteiger partial charge in [0.25, 0.3) is 0 Å². The van der Waals surface area contributed by atoms with Crippen molar-refractivity contribution < 1.29 is 51.0 Å². The second-order valence-corrected chi connectivity index (χ2v) is 7.58. The molecule has 0 heterocycles. The molecule has 0 aromatic rings. The Labute approximate surface area is 185 Å². The van der Waals surface area contributed by atoms with Crippen molar-refractivity contribution in [2.24, 2.45) is 11.8 Å². The van der Waals surface area contributed by atoms with Crippen LogP contribution in [0.15, 0.2) is 34.4 Å². The Bertz CT molecular complexity index is 393. The molecule has 1 radical (unpaired) electrons. The van der Waals surface area contributed by atoms with Crippen LogP contribution in [0.1, 0.15) is 54.4 Å². The number of hydrogen-bond acceptors (Lipinski definition) is 0. The van der Waals surface area contributed by atoms with E-state index in [1.165, 1.54) is 22.3 Å². The van der Waals surface area contributed by atoms with Crippen molar-refractivity contribution in [3.05, 3.63) is 46.6 Å². The van der Waals surface area contributed by atoms with E-state index in [-0.39, 0.29) is 51.0 Å². The van der Waals surface area contributed by atoms with E-state index in [9.17, 15) is 0 Å². The zero-order chi connectivity index (χ0) is 16.4. The zero-order valence-electron chi connectivity index (χ0n) is 16.6. The van der Waals surface area contributed by atoms with Crippen LogP contribution in [0.25, 0.3) is 0 Å². The molecule has 0 unspecified atom stereocenters. The summed E-state index contributed by atoms with van der Waals surface area (Å²) >= 11 is 0. The van der Waals surface area contributed by atoms with Gasteiger partial charge in [-0.05, 0) is 0 Å². The van der Waals surface area contributed by atoms with Gasteiger partial charge in [0, 0.05) is 9.52 Å². The number of halogens is 2. The first kappa shape index (κ1) is 32.3. The Morgan fingerprint density at radius 1 is 0.792 bits per heavy atom. The number of hydrogen-bond donors (Lipinski definition) is 0. The maximum atomic E-state index is 3.33. The van der Waals surface area contributed by atoms with Crippen LogP contribution in [-0.4, -0.2) is 9.52 Å². The van der Waals surface area contributed by atoms with Gasteiger partial charge in [-0.3, -0.25) is 0 Å². The predicted molar refractivity (Wildman–Crippen MR) is 98.8 cm³/mol. The van der Waals surface area contributed by atoms with E-state index >= 15 is 0 Å². The molecule has 0 spiro atoms. The maximum absolute atomic E-state index is 3.33. The first-order valence-corrected chi connectivity index (χ1v) is 10.5. The molecule has 0 aliphatic heterocycles. The second-order valence-electron chi connectivity index (χ2n) is 6.42. The van der Waals surface area contributed by atoms with Crippen molar-refractivity contribution in [3.63, 3.8) is 0 Å². The van der Waals surface area contributed by atoms with Crippen molar-refractivity contribution >= 4 is 9.52 Å². The summed E-state index contributed by atoms with van der Waals surface area (Å²) in [6.45, 7) is 17.5. The van der Waals surface area contributed by atoms with Crippen molar-refractivity contribution in [3.8, 4) is 0 Å². The molecular weight excluding hydrogens is 430 g/mol. The topological polar surface area (TPSA) is 0 Å². The summed E-state index contributed by atoms with van der Waals surface area (Å²) in [4.78, 5) is 0. The quantitative estimate of drug-likeness (QED) is 0.399. The molecule has 0 fully saturated rings. The fraction of sp³-hybridized carbons (Fsp3) is 0.600. The fourth-order valence-electron chi connectivity index (χ4n) is 1.98. The van der Waals surface area contributed by atoms with Crippen molar-refractivity contribution in [2.75, 3.05) is 0 Å². The summed E-state index contributed by atoms with van der Waals surface area (Å²) in [6.07, 6.45) is 13.4. The second kappa shape index (κ2) is 18.4. The van der Waals surface area contributed by atoms with Gasteiger partial charge in [0.2, 0.25) is 0 Å². The summed E-state index contributed by atoms with van der Waals surface area (Å²) in [5, 5.41) is 0. The predicted octanol–water partition coefficient (Wildman–Crippen LogP) is -0.0314. The van der Waals surface area contributed by atoms with Gasteiger partial charge >= 0.3 is 26.2 Å². The minimum absolute atomic E-state index is 0. The standard InChI is InChI=1S/2C9H13.C2H7Si.2ClH.Zr/c2*1-7(2)9-5-4-8(3)6-9;1-3-2;;;/h2*5,7H,4H2,1-3H3;3H,1-2H3;2*1H;/q2*-1;;;;+4/p-2. The summed E-state index contributed by atoms with van der Waals surface area (Å²) < 4.78 is 0. The van der Waals surface area contributed by atoms with Crippen LogP contribution >= 0.6 is 0 Å². The van der Waals surface area contributed by atoms with Crippen molar-refractivity contribution in [1.29, 1.82) is 0 Å². The molecule has 0 saturated carbocycles. The molecule has 0 saturated heterocycles. The molecule has 2 aliphatic rings. The Hall–Kier alpha value is 0.640. The van der Waals surface area contributed by atoms with E-state index in [4.69, 9.17) is 0 Å². The van der Waals surface area contributed by atoms with Crippen LogP contribution in [0.3, 0.4) is 0 Å². The molecule has 4 heteroatoms. The minimum atomic E-state index is 0. The molecule has 0 bridgehead atoms. The van der Waals surface area contributed by atoms with E-state index in [2.05, 4.69) is 78.9 Å². The van der Waals surface area contributed by atoms with E-state index in [0.717, 1.165) is 22.4 Å². The average molecular weight is 464 g/mol. The Kier molecular flexibility index (Phi) is 24.8. The third kappa shape index (κ3) is 14.9. The molecule has 0 N–H and O–H groups in total. The van der Waals surface area contributed by atoms with E-state index in [0.29, 0.717) is 11.8 Å². The van der Waals surface area contributed by atoms with Gasteiger partial charge in [-0.25, -0.2) is 35.5 Å². The van der Waals surface area contributed by atoms with Crippen LogP contribution in [0.5, 0.6) is 0 Å². The summed E-state index contributed by atoms with van der Waals surface area (Å²) in [5.74, 6) is 1.31. The van der Waals surface area contributed by atoms with Crippen LogP contribution in [-0.2, 0) is 26.2 Å². The van der Waals surface area contributed by atoms with Gasteiger partial charge in [0.1, 0.15) is 0 Å². The Balaban J connectivity index is -0.000000130. The third-order valence-electron chi connectivity index (χ3n) is 3.22. The molecule has 24 heavy (non-hydrogen) atoms. The Morgan fingerprint density at radius 3 is 1.12 bits per heavy atom. The molecule has 0 aromatic heterocycles. The summed E-state index contributed by atoms with van der Waals surface area (Å²) in [5.41, 5.74) is 5.51. The zero-order valence-corrected chi connectivity index (χ0v) is 21.7. The summed E-state index contributed by atoms with van der Waals surface area (Å²) in [6, 6.07) is 0. The molecule has 2 rings (SSSR count). The van der Waals surface area contributed by atoms with Crippen LogP contribution in [0.2, 0.25) is 13.1 Å². The van der Waals surface area contributed by atoms with Gasteiger partial charge in [-0.15, -0.1) is 0 Å². The Morgan fingerprint density at radius 2 is 1.04 bits per heavy atom. The van der Waals surface area contributed by atoms with Crippen molar-refractivity contribution in [1.82, 2.24) is 0 Å². The molecule has 2 aliphatic carbocycles. The van der Waals surface area contributed by atoms with Gasteiger partial charge in [0.05, 0.1) is 0 Å². The summed E-state index contributed by atoms with van der Waals surface area (Å²) in [7, 11) is 0.750. The molecular formula is C20H33Cl2SiZr. The van der Waals surface area contributed by atoms with E-state index in [1.54, 1.807) is 0 Å². The number of rotatable bonds is 2. The SMILES string of the molecule is CC1=[C-]C(C(C)C)=CC1.CC1=[C-]C(C(C)C)=CC1.C[SiH]C.[Cl-].[Cl-].[Zr+4]. The minimum Gasteiger partial charge on any atom is -1.00 e. The van der Waals surface area contributed by atoms with Gasteiger partial charge in [-0.1, -0.05) is 79.3 Å². The largest absolute Gasteiger partial charge is 4.00 e.